The Morgan fingerprint density at radius 1 is 1.53 bits per heavy atom. The molecule has 1 aliphatic rings. The van der Waals surface area contributed by atoms with Crippen molar-refractivity contribution < 1.29 is 9.15 Å². The molecular formula is C14H19N3O2. The van der Waals surface area contributed by atoms with E-state index >= 15 is 0 Å². The van der Waals surface area contributed by atoms with E-state index in [2.05, 4.69) is 21.5 Å². The summed E-state index contributed by atoms with van der Waals surface area (Å²) in [5.74, 6) is 0.383. The van der Waals surface area contributed by atoms with Gasteiger partial charge in [-0.1, -0.05) is 0 Å². The van der Waals surface area contributed by atoms with E-state index in [0.717, 1.165) is 26.2 Å². The summed E-state index contributed by atoms with van der Waals surface area (Å²) in [5.41, 5.74) is 3.68. The van der Waals surface area contributed by atoms with Crippen molar-refractivity contribution in [3.8, 4) is 0 Å². The fourth-order valence-corrected chi connectivity index (χ4v) is 2.90. The molecule has 2 aromatic heterocycles. The van der Waals surface area contributed by atoms with Crippen LogP contribution in [0.4, 0.5) is 0 Å². The maximum Gasteiger partial charge on any atom is 0.0949 e. The second-order valence-corrected chi connectivity index (χ2v) is 5.14. The van der Waals surface area contributed by atoms with Crippen LogP contribution in [0.2, 0.25) is 0 Å². The summed E-state index contributed by atoms with van der Waals surface area (Å²) in [6.07, 6.45) is 5.42. The summed E-state index contributed by atoms with van der Waals surface area (Å²) in [6, 6.07) is 2.01. The van der Waals surface area contributed by atoms with Crippen molar-refractivity contribution in [3.63, 3.8) is 0 Å². The minimum atomic E-state index is 0.383. The fourth-order valence-electron chi connectivity index (χ4n) is 2.90. The minimum Gasteiger partial charge on any atom is -0.472 e. The van der Waals surface area contributed by atoms with E-state index in [9.17, 15) is 0 Å². The van der Waals surface area contributed by atoms with Gasteiger partial charge in [0.2, 0.25) is 0 Å². The number of aromatic nitrogens is 2. The highest BCUT2D eigenvalue weighted by molar-refractivity contribution is 5.22. The first kappa shape index (κ1) is 12.4. The van der Waals surface area contributed by atoms with Gasteiger partial charge in [-0.2, -0.15) is 0 Å². The van der Waals surface area contributed by atoms with Gasteiger partial charge in [0.15, 0.2) is 0 Å². The Balaban J connectivity index is 1.80. The second kappa shape index (κ2) is 5.19. The molecule has 0 aliphatic carbocycles. The number of furan rings is 1. The molecular weight excluding hydrogens is 242 g/mol. The zero-order valence-electron chi connectivity index (χ0n) is 11.4. The van der Waals surface area contributed by atoms with Crippen LogP contribution in [0.25, 0.3) is 0 Å². The number of aryl methyl sites for hydroxylation is 1. The molecule has 3 heterocycles. The number of fused-ring (bicyclic) bond motifs is 1. The van der Waals surface area contributed by atoms with Crippen molar-refractivity contribution >= 4 is 0 Å². The van der Waals surface area contributed by atoms with Gasteiger partial charge in [0.25, 0.3) is 0 Å². The summed E-state index contributed by atoms with van der Waals surface area (Å²) in [5, 5.41) is 0. The zero-order chi connectivity index (χ0) is 13.2. The molecule has 0 saturated carbocycles. The van der Waals surface area contributed by atoms with Crippen LogP contribution in [0, 0.1) is 0 Å². The Kier molecular flexibility index (Phi) is 3.40. The number of methoxy groups -OCH3 is 1. The van der Waals surface area contributed by atoms with Crippen LogP contribution in [0.3, 0.4) is 0 Å². The number of hydrogen-bond acceptors (Lipinski definition) is 4. The van der Waals surface area contributed by atoms with E-state index < -0.39 is 0 Å². The zero-order valence-corrected chi connectivity index (χ0v) is 11.4. The van der Waals surface area contributed by atoms with Gasteiger partial charge in [-0.15, -0.1) is 0 Å². The Bertz CT molecular complexity index is 533. The lowest BCUT2D eigenvalue weighted by atomic mass is 9.98. The van der Waals surface area contributed by atoms with Crippen molar-refractivity contribution in [1.82, 2.24) is 14.5 Å². The smallest absolute Gasteiger partial charge is 0.0949 e. The summed E-state index contributed by atoms with van der Waals surface area (Å²) in [7, 11) is 3.81. The Morgan fingerprint density at radius 3 is 3.16 bits per heavy atom. The molecule has 1 aliphatic heterocycles. The van der Waals surface area contributed by atoms with Crippen LogP contribution < -0.4 is 0 Å². The molecule has 102 valence electrons. The van der Waals surface area contributed by atoms with Gasteiger partial charge in [0.05, 0.1) is 31.2 Å². The number of imidazole rings is 1. The van der Waals surface area contributed by atoms with Crippen LogP contribution >= 0.6 is 0 Å². The number of ether oxygens (including phenoxy) is 1. The average molecular weight is 261 g/mol. The molecule has 0 fully saturated rings. The van der Waals surface area contributed by atoms with Gasteiger partial charge in [-0.3, -0.25) is 4.90 Å². The lowest BCUT2D eigenvalue weighted by molar-refractivity contribution is 0.132. The van der Waals surface area contributed by atoms with E-state index in [4.69, 9.17) is 9.15 Å². The van der Waals surface area contributed by atoms with Crippen LogP contribution in [0.5, 0.6) is 0 Å². The highest BCUT2D eigenvalue weighted by Gasteiger charge is 2.28. The van der Waals surface area contributed by atoms with E-state index in [1.807, 2.05) is 12.4 Å². The van der Waals surface area contributed by atoms with E-state index in [0.29, 0.717) is 5.92 Å². The quantitative estimate of drug-likeness (QED) is 0.841. The maximum atomic E-state index is 5.36. The second-order valence-electron chi connectivity index (χ2n) is 5.14. The molecule has 5 nitrogen and oxygen atoms in total. The standard InChI is InChI=1S/C14H19N3O2/c1-16-10-15-13-7-17(5-11-3-4-19-8-11)6-12(9-18-2)14(13)16/h3-4,8,10,12H,5-7,9H2,1-2H3. The van der Waals surface area contributed by atoms with Gasteiger partial charge < -0.3 is 13.7 Å². The van der Waals surface area contributed by atoms with Gasteiger partial charge >= 0.3 is 0 Å². The number of rotatable bonds is 4. The van der Waals surface area contributed by atoms with Crippen LogP contribution in [0.15, 0.2) is 29.3 Å². The summed E-state index contributed by atoms with van der Waals surface area (Å²) in [6.45, 7) is 3.51. The highest BCUT2D eigenvalue weighted by atomic mass is 16.5. The first-order valence-corrected chi connectivity index (χ1v) is 6.50. The van der Waals surface area contributed by atoms with Crippen LogP contribution in [0.1, 0.15) is 22.9 Å². The van der Waals surface area contributed by atoms with E-state index in [1.165, 1.54) is 17.0 Å². The topological polar surface area (TPSA) is 43.4 Å². The molecule has 19 heavy (non-hydrogen) atoms. The van der Waals surface area contributed by atoms with Gasteiger partial charge in [0.1, 0.15) is 0 Å². The van der Waals surface area contributed by atoms with Gasteiger partial charge in [-0.25, -0.2) is 4.98 Å². The molecule has 1 atom stereocenters. The molecule has 0 bridgehead atoms. The monoisotopic (exact) mass is 261 g/mol. The first-order chi connectivity index (χ1) is 9.28. The molecule has 2 aromatic rings. The minimum absolute atomic E-state index is 0.383. The van der Waals surface area contributed by atoms with Crippen LogP contribution in [-0.2, 0) is 24.9 Å². The molecule has 1 unspecified atom stereocenters. The summed E-state index contributed by atoms with van der Waals surface area (Å²) >= 11 is 0. The van der Waals surface area contributed by atoms with Crippen molar-refractivity contribution in [2.24, 2.45) is 7.05 Å². The van der Waals surface area contributed by atoms with Crippen molar-refractivity contribution in [2.75, 3.05) is 20.3 Å². The SMILES string of the molecule is COCC1CN(Cc2ccoc2)Cc2ncn(C)c21. The van der Waals surface area contributed by atoms with Crippen molar-refractivity contribution in [1.29, 1.82) is 0 Å². The highest BCUT2D eigenvalue weighted by Crippen LogP contribution is 2.28. The number of hydrogen-bond donors (Lipinski definition) is 0. The first-order valence-electron chi connectivity index (χ1n) is 6.50. The third-order valence-electron chi connectivity index (χ3n) is 3.66. The average Bonchev–Trinajstić information content (AvgIpc) is 3.00. The molecule has 0 spiro atoms. The maximum absolute atomic E-state index is 5.36. The molecule has 0 amide bonds. The Morgan fingerprint density at radius 2 is 2.42 bits per heavy atom. The summed E-state index contributed by atoms with van der Waals surface area (Å²) < 4.78 is 12.6. The van der Waals surface area contributed by atoms with E-state index in [-0.39, 0.29) is 0 Å². The van der Waals surface area contributed by atoms with Gasteiger partial charge in [0, 0.05) is 51.0 Å². The lowest BCUT2D eigenvalue weighted by Gasteiger charge is -2.32. The van der Waals surface area contributed by atoms with Gasteiger partial charge in [-0.05, 0) is 6.07 Å². The Hall–Kier alpha value is -1.59. The lowest BCUT2D eigenvalue weighted by Crippen LogP contribution is -2.35. The molecule has 0 saturated heterocycles. The van der Waals surface area contributed by atoms with E-state index in [1.54, 1.807) is 19.6 Å². The normalized spacial score (nSPS) is 19.6. The van der Waals surface area contributed by atoms with Crippen LogP contribution in [-0.4, -0.2) is 34.7 Å². The predicted octanol–water partition coefficient (Wildman–Crippen LogP) is 1.76. The Labute approximate surface area is 112 Å². The molecule has 3 rings (SSSR count). The van der Waals surface area contributed by atoms with Crippen molar-refractivity contribution in [2.45, 2.75) is 19.0 Å². The summed E-state index contributed by atoms with van der Waals surface area (Å²) in [4.78, 5) is 6.90. The third kappa shape index (κ3) is 2.43. The molecule has 0 N–H and O–H groups in total. The molecule has 0 radical (unpaired) electrons. The third-order valence-corrected chi connectivity index (χ3v) is 3.66. The predicted molar refractivity (Wildman–Crippen MR) is 70.6 cm³/mol. The molecule has 0 aromatic carbocycles. The number of nitrogens with zero attached hydrogens (tertiary/aromatic N) is 3. The largest absolute Gasteiger partial charge is 0.472 e. The molecule has 5 heteroatoms. The fraction of sp³-hybridized carbons (Fsp3) is 0.500. The van der Waals surface area contributed by atoms with Crippen molar-refractivity contribution in [3.05, 3.63) is 41.9 Å².